The van der Waals surface area contributed by atoms with Crippen LogP contribution in [0.15, 0.2) is 0 Å². The summed E-state index contributed by atoms with van der Waals surface area (Å²) < 4.78 is 4.38. The average Bonchev–Trinajstić information content (AvgIpc) is 1.21. The van der Waals surface area contributed by atoms with E-state index in [9.17, 15) is 9.59 Å². The van der Waals surface area contributed by atoms with E-state index in [1.807, 2.05) is 0 Å². The lowest BCUT2D eigenvalue weighted by Gasteiger charge is -2.09. The van der Waals surface area contributed by atoms with Gasteiger partial charge in [-0.25, -0.2) is 4.80 Å². The van der Waals surface area contributed by atoms with Crippen LogP contribution in [-0.2, 0) is 14.0 Å². The Morgan fingerprint density at radius 1 is 1.50 bits per heavy atom. The zero-order chi connectivity index (χ0) is 6.78. The fourth-order valence-electron chi connectivity index (χ4n) is 0.346. The smallest absolute Gasteiger partial charge is 0.426 e. The Bertz CT molecular complexity index is 93.9. The summed E-state index contributed by atoms with van der Waals surface area (Å²) in [7, 11) is -2.82. The van der Waals surface area contributed by atoms with Crippen LogP contribution in [0.2, 0.25) is 13.1 Å². The maximum Gasteiger partial charge on any atom is 0.426 e. The fourth-order valence-corrected chi connectivity index (χ4v) is 1.04. The van der Waals surface area contributed by atoms with Crippen molar-refractivity contribution in [2.45, 2.75) is 20.0 Å². The highest BCUT2D eigenvalue weighted by Gasteiger charge is 2.24. The van der Waals surface area contributed by atoms with E-state index in [-0.39, 0.29) is 0 Å². The molecule has 0 aromatic carbocycles. The van der Waals surface area contributed by atoms with Crippen molar-refractivity contribution in [3.63, 3.8) is 0 Å². The minimum atomic E-state index is -2.82. The molecule has 0 aliphatic carbocycles. The van der Waals surface area contributed by atoms with Crippen molar-refractivity contribution in [1.82, 2.24) is 0 Å². The van der Waals surface area contributed by atoms with Crippen molar-refractivity contribution in [2.75, 3.05) is 0 Å². The third-order valence-electron chi connectivity index (χ3n) is 0.390. The van der Waals surface area contributed by atoms with Gasteiger partial charge in [0.1, 0.15) is 0 Å². The van der Waals surface area contributed by atoms with Crippen molar-refractivity contribution < 1.29 is 14.0 Å². The fraction of sp³-hybridized carbons (Fsp3) is 0.750. The maximum absolute atomic E-state index is 10.6. The van der Waals surface area contributed by atoms with Gasteiger partial charge in [-0.3, -0.25) is 4.79 Å². The van der Waals surface area contributed by atoms with Crippen molar-refractivity contribution in [3.8, 4) is 0 Å². The van der Waals surface area contributed by atoms with Gasteiger partial charge in [0, 0.05) is 6.92 Å². The van der Waals surface area contributed by atoms with Gasteiger partial charge in [-0.15, -0.1) is 0 Å². The van der Waals surface area contributed by atoms with Crippen molar-refractivity contribution >= 4 is 14.5 Å². The Kier molecular flexibility index (Phi) is 2.18. The van der Waals surface area contributed by atoms with Crippen LogP contribution >= 0.6 is 0 Å². The van der Waals surface area contributed by atoms with Gasteiger partial charge < -0.3 is 4.43 Å². The lowest BCUT2D eigenvalue weighted by Crippen LogP contribution is -2.30. The SMILES string of the molecule is CC(=O)O[Si](C)(C)[O]. The molecule has 3 nitrogen and oxygen atoms in total. The van der Waals surface area contributed by atoms with Crippen LogP contribution in [-0.4, -0.2) is 14.5 Å². The number of hydrogen-bond acceptors (Lipinski definition) is 2. The molecule has 0 spiro atoms. The Morgan fingerprint density at radius 3 is 1.88 bits per heavy atom. The predicted molar refractivity (Wildman–Crippen MR) is 29.9 cm³/mol. The number of hydrogen-bond donors (Lipinski definition) is 0. The zero-order valence-electron chi connectivity index (χ0n) is 5.22. The Labute approximate surface area is 49.5 Å². The summed E-state index contributed by atoms with van der Waals surface area (Å²) in [5.74, 6) is -0.475. The molecule has 0 rings (SSSR count). The van der Waals surface area contributed by atoms with E-state index in [1.165, 1.54) is 20.0 Å². The molecule has 0 saturated carbocycles. The Balaban J connectivity index is 3.55. The lowest BCUT2D eigenvalue weighted by atomic mass is 10.9. The van der Waals surface area contributed by atoms with Crippen molar-refractivity contribution in [1.29, 1.82) is 0 Å². The molecule has 0 fully saturated rings. The summed E-state index contributed by atoms with van der Waals surface area (Å²) in [5, 5.41) is 0. The summed E-state index contributed by atoms with van der Waals surface area (Å²) in [5.41, 5.74) is 0. The average molecular weight is 133 g/mol. The third-order valence-corrected chi connectivity index (χ3v) is 1.17. The molecule has 4 heteroatoms. The number of rotatable bonds is 1. The topological polar surface area (TPSA) is 46.2 Å². The molecule has 0 amide bonds. The van der Waals surface area contributed by atoms with E-state index in [4.69, 9.17) is 0 Å². The minimum Gasteiger partial charge on any atom is -0.493 e. The number of carbonyl (C=O) groups is 1. The van der Waals surface area contributed by atoms with Gasteiger partial charge in [-0.2, -0.15) is 0 Å². The quantitative estimate of drug-likeness (QED) is 0.494. The number of carbonyl (C=O) groups excluding carboxylic acids is 1. The van der Waals surface area contributed by atoms with E-state index in [2.05, 4.69) is 4.43 Å². The van der Waals surface area contributed by atoms with Gasteiger partial charge in [-0.05, 0) is 13.1 Å². The molecule has 0 saturated heterocycles. The van der Waals surface area contributed by atoms with Crippen LogP contribution in [0, 0.1) is 0 Å². The first-order chi connectivity index (χ1) is 3.42. The molecular weight excluding hydrogens is 124 g/mol. The van der Waals surface area contributed by atoms with Crippen LogP contribution in [0.4, 0.5) is 0 Å². The molecule has 0 aromatic rings. The van der Waals surface area contributed by atoms with Gasteiger partial charge in [-0.1, -0.05) is 0 Å². The Morgan fingerprint density at radius 2 is 1.88 bits per heavy atom. The summed E-state index contributed by atoms with van der Waals surface area (Å²) in [6, 6.07) is 0. The van der Waals surface area contributed by atoms with E-state index in [0.717, 1.165) is 0 Å². The normalized spacial score (nSPS) is 11.0. The highest BCUT2D eigenvalue weighted by atomic mass is 28.4. The van der Waals surface area contributed by atoms with E-state index >= 15 is 0 Å². The monoisotopic (exact) mass is 133 g/mol. The summed E-state index contributed by atoms with van der Waals surface area (Å²) in [6.45, 7) is 4.09. The molecule has 8 heavy (non-hydrogen) atoms. The molecule has 0 atom stereocenters. The second kappa shape index (κ2) is 2.28. The first-order valence-electron chi connectivity index (χ1n) is 2.32. The second-order valence-electron chi connectivity index (χ2n) is 1.99. The van der Waals surface area contributed by atoms with Gasteiger partial charge in [0.2, 0.25) is 0 Å². The molecule has 1 radical (unpaired) electrons. The largest absolute Gasteiger partial charge is 0.493 e. The first-order valence-corrected chi connectivity index (χ1v) is 5.13. The molecular formula is C4H9O3Si. The molecule has 0 N–H and O–H groups in total. The third kappa shape index (κ3) is 5.65. The Hall–Kier alpha value is -0.353. The molecule has 0 unspecified atom stereocenters. The molecule has 0 bridgehead atoms. The van der Waals surface area contributed by atoms with Gasteiger partial charge in [0.25, 0.3) is 5.97 Å². The van der Waals surface area contributed by atoms with Crippen LogP contribution < -0.4 is 0 Å². The van der Waals surface area contributed by atoms with Crippen LogP contribution in [0.1, 0.15) is 6.92 Å². The van der Waals surface area contributed by atoms with Crippen molar-refractivity contribution in [3.05, 3.63) is 0 Å². The molecule has 0 aromatic heterocycles. The molecule has 0 aliphatic rings. The van der Waals surface area contributed by atoms with Gasteiger partial charge >= 0.3 is 8.56 Å². The maximum atomic E-state index is 10.6. The molecule has 47 valence electrons. The molecule has 0 heterocycles. The standard InChI is InChI=1S/C4H9O3Si/c1-4(5)7-8(2,3)6/h1-3H3. The van der Waals surface area contributed by atoms with Crippen LogP contribution in [0.5, 0.6) is 0 Å². The van der Waals surface area contributed by atoms with E-state index < -0.39 is 14.5 Å². The highest BCUT2D eigenvalue weighted by Crippen LogP contribution is 1.98. The summed E-state index contributed by atoms with van der Waals surface area (Å²) in [6.07, 6.45) is 0. The van der Waals surface area contributed by atoms with Crippen molar-refractivity contribution in [2.24, 2.45) is 0 Å². The lowest BCUT2D eigenvalue weighted by molar-refractivity contribution is -0.134. The first kappa shape index (κ1) is 7.65. The van der Waals surface area contributed by atoms with Crippen LogP contribution in [0.3, 0.4) is 0 Å². The van der Waals surface area contributed by atoms with Gasteiger partial charge in [0.05, 0.1) is 0 Å². The van der Waals surface area contributed by atoms with Crippen LogP contribution in [0.25, 0.3) is 0 Å². The van der Waals surface area contributed by atoms with E-state index in [1.54, 1.807) is 0 Å². The van der Waals surface area contributed by atoms with Gasteiger partial charge in [0.15, 0.2) is 0 Å². The highest BCUT2D eigenvalue weighted by molar-refractivity contribution is 6.64. The summed E-state index contributed by atoms with van der Waals surface area (Å²) in [4.78, 5) is 20.7. The second-order valence-corrected chi connectivity index (χ2v) is 5.00. The predicted octanol–water partition coefficient (Wildman–Crippen LogP) is 0.682. The summed E-state index contributed by atoms with van der Waals surface area (Å²) >= 11 is 0. The zero-order valence-corrected chi connectivity index (χ0v) is 6.22. The minimum absolute atomic E-state index is 0.475. The molecule has 0 aliphatic heterocycles. The van der Waals surface area contributed by atoms with E-state index in [0.29, 0.717) is 0 Å².